The van der Waals surface area contributed by atoms with Crippen molar-refractivity contribution in [2.24, 2.45) is 5.73 Å². The normalized spacial score (nSPS) is 15.1. The molecule has 0 aliphatic carbocycles. The number of halogens is 1. The van der Waals surface area contributed by atoms with Gasteiger partial charge in [-0.25, -0.2) is 0 Å². The van der Waals surface area contributed by atoms with E-state index in [9.17, 15) is 0 Å². The highest BCUT2D eigenvalue weighted by molar-refractivity contribution is 9.10. The van der Waals surface area contributed by atoms with Gasteiger partial charge < -0.3 is 5.73 Å². The molecule has 14 heavy (non-hydrogen) atoms. The van der Waals surface area contributed by atoms with E-state index in [4.69, 9.17) is 5.73 Å². The lowest BCUT2D eigenvalue weighted by atomic mass is 9.88. The summed E-state index contributed by atoms with van der Waals surface area (Å²) >= 11 is 3.49. The van der Waals surface area contributed by atoms with Gasteiger partial charge in [0, 0.05) is 10.5 Å². The molecule has 1 rings (SSSR count). The molecule has 0 fully saturated rings. The minimum absolute atomic E-state index is 0.272. The Balaban J connectivity index is 2.89. The molecular weight excluding hydrogens is 238 g/mol. The molecule has 0 saturated heterocycles. The first-order chi connectivity index (χ1) is 6.69. The summed E-state index contributed by atoms with van der Waals surface area (Å²) in [6, 6.07) is 8.73. The zero-order valence-electron chi connectivity index (χ0n) is 8.83. The van der Waals surface area contributed by atoms with Gasteiger partial charge in [-0.1, -0.05) is 41.9 Å². The largest absolute Gasteiger partial charge is 0.327 e. The van der Waals surface area contributed by atoms with Crippen molar-refractivity contribution in [3.8, 4) is 0 Å². The Labute approximate surface area is 94.8 Å². The highest BCUT2D eigenvalue weighted by atomic mass is 79.9. The van der Waals surface area contributed by atoms with Crippen LogP contribution in [0.4, 0.5) is 0 Å². The summed E-state index contributed by atoms with van der Waals surface area (Å²) < 4.78 is 1.14. The van der Waals surface area contributed by atoms with Gasteiger partial charge in [-0.2, -0.15) is 0 Å². The standard InChI is InChI=1S/C12H18BrN/c1-3-11(12(14)4-2)9-6-5-7-10(13)8-9/h5-8,11-12H,3-4,14H2,1-2H3. The van der Waals surface area contributed by atoms with Crippen molar-refractivity contribution in [2.75, 3.05) is 0 Å². The van der Waals surface area contributed by atoms with Crippen molar-refractivity contribution in [1.29, 1.82) is 0 Å². The predicted molar refractivity (Wildman–Crippen MR) is 65.4 cm³/mol. The molecule has 1 aromatic carbocycles. The van der Waals surface area contributed by atoms with Crippen LogP contribution in [0, 0.1) is 0 Å². The maximum atomic E-state index is 6.09. The lowest BCUT2D eigenvalue weighted by Gasteiger charge is -2.21. The van der Waals surface area contributed by atoms with Crippen LogP contribution in [-0.4, -0.2) is 6.04 Å². The molecule has 0 heterocycles. The number of nitrogens with two attached hydrogens (primary N) is 1. The minimum atomic E-state index is 0.272. The van der Waals surface area contributed by atoms with Gasteiger partial charge in [0.15, 0.2) is 0 Å². The molecule has 1 aromatic rings. The molecule has 2 unspecified atom stereocenters. The highest BCUT2D eigenvalue weighted by Gasteiger charge is 2.16. The van der Waals surface area contributed by atoms with Gasteiger partial charge in [-0.05, 0) is 36.5 Å². The summed E-state index contributed by atoms with van der Waals surface area (Å²) in [7, 11) is 0. The molecule has 2 N–H and O–H groups in total. The van der Waals surface area contributed by atoms with E-state index < -0.39 is 0 Å². The Morgan fingerprint density at radius 3 is 2.50 bits per heavy atom. The molecule has 2 atom stereocenters. The quantitative estimate of drug-likeness (QED) is 0.873. The van der Waals surface area contributed by atoms with E-state index in [1.54, 1.807) is 0 Å². The summed E-state index contributed by atoms with van der Waals surface area (Å²) in [6.45, 7) is 4.34. The maximum Gasteiger partial charge on any atom is 0.0178 e. The van der Waals surface area contributed by atoms with Crippen LogP contribution in [0.25, 0.3) is 0 Å². The van der Waals surface area contributed by atoms with Crippen molar-refractivity contribution >= 4 is 15.9 Å². The van der Waals surface area contributed by atoms with Crippen LogP contribution < -0.4 is 5.73 Å². The summed E-state index contributed by atoms with van der Waals surface area (Å²) in [5.74, 6) is 0.484. The molecule has 0 aliphatic rings. The molecule has 78 valence electrons. The maximum absolute atomic E-state index is 6.09. The fraction of sp³-hybridized carbons (Fsp3) is 0.500. The number of benzene rings is 1. The van der Waals surface area contributed by atoms with Gasteiger partial charge in [0.05, 0.1) is 0 Å². The van der Waals surface area contributed by atoms with Gasteiger partial charge in [-0.3, -0.25) is 0 Å². The highest BCUT2D eigenvalue weighted by Crippen LogP contribution is 2.26. The number of rotatable bonds is 4. The Bertz CT molecular complexity index is 285. The third-order valence-corrected chi connectivity index (χ3v) is 3.20. The first-order valence-corrected chi connectivity index (χ1v) is 5.99. The molecule has 0 saturated carbocycles. The van der Waals surface area contributed by atoms with Crippen LogP contribution in [0.2, 0.25) is 0 Å². The van der Waals surface area contributed by atoms with Crippen molar-refractivity contribution in [1.82, 2.24) is 0 Å². The smallest absolute Gasteiger partial charge is 0.0178 e. The summed E-state index contributed by atoms with van der Waals surface area (Å²) in [4.78, 5) is 0. The van der Waals surface area contributed by atoms with Crippen molar-refractivity contribution in [2.45, 2.75) is 38.6 Å². The third-order valence-electron chi connectivity index (χ3n) is 2.70. The van der Waals surface area contributed by atoms with Crippen molar-refractivity contribution in [3.05, 3.63) is 34.3 Å². The number of hydrogen-bond donors (Lipinski definition) is 1. The summed E-state index contributed by atoms with van der Waals surface area (Å²) in [5.41, 5.74) is 7.44. The van der Waals surface area contributed by atoms with Crippen LogP contribution in [0.3, 0.4) is 0 Å². The topological polar surface area (TPSA) is 26.0 Å². The fourth-order valence-electron chi connectivity index (χ4n) is 1.81. The molecular formula is C12H18BrN. The lowest BCUT2D eigenvalue weighted by molar-refractivity contribution is 0.505. The second kappa shape index (κ2) is 5.52. The van der Waals surface area contributed by atoms with Crippen LogP contribution >= 0.6 is 15.9 Å². The third kappa shape index (κ3) is 2.82. The van der Waals surface area contributed by atoms with Gasteiger partial charge >= 0.3 is 0 Å². The van der Waals surface area contributed by atoms with Gasteiger partial charge in [0.2, 0.25) is 0 Å². The second-order valence-corrected chi connectivity index (χ2v) is 4.56. The van der Waals surface area contributed by atoms with E-state index in [0.29, 0.717) is 5.92 Å². The minimum Gasteiger partial charge on any atom is -0.327 e. The lowest BCUT2D eigenvalue weighted by Crippen LogP contribution is -2.27. The van der Waals surface area contributed by atoms with Crippen LogP contribution in [0.1, 0.15) is 38.2 Å². The van der Waals surface area contributed by atoms with E-state index in [1.807, 2.05) is 6.07 Å². The van der Waals surface area contributed by atoms with E-state index in [1.165, 1.54) is 5.56 Å². The molecule has 0 bridgehead atoms. The van der Waals surface area contributed by atoms with Crippen molar-refractivity contribution < 1.29 is 0 Å². The predicted octanol–water partition coefficient (Wildman–Crippen LogP) is 3.68. The van der Waals surface area contributed by atoms with E-state index in [-0.39, 0.29) is 6.04 Å². The average Bonchev–Trinajstić information content (AvgIpc) is 2.19. The van der Waals surface area contributed by atoms with E-state index in [2.05, 4.69) is 48.0 Å². The van der Waals surface area contributed by atoms with Gasteiger partial charge in [0.1, 0.15) is 0 Å². The molecule has 0 aromatic heterocycles. The fourth-order valence-corrected chi connectivity index (χ4v) is 2.22. The molecule has 0 spiro atoms. The molecule has 1 nitrogen and oxygen atoms in total. The summed E-state index contributed by atoms with van der Waals surface area (Å²) in [5, 5.41) is 0. The SMILES string of the molecule is CCC(N)C(CC)c1cccc(Br)c1. The molecule has 0 aliphatic heterocycles. The van der Waals surface area contributed by atoms with E-state index in [0.717, 1.165) is 17.3 Å². The Kier molecular flexibility index (Phi) is 4.63. The average molecular weight is 256 g/mol. The van der Waals surface area contributed by atoms with Crippen LogP contribution in [-0.2, 0) is 0 Å². The first kappa shape index (κ1) is 11.7. The second-order valence-electron chi connectivity index (χ2n) is 3.64. The van der Waals surface area contributed by atoms with Gasteiger partial charge in [0.25, 0.3) is 0 Å². The Hall–Kier alpha value is -0.340. The van der Waals surface area contributed by atoms with E-state index >= 15 is 0 Å². The molecule has 0 amide bonds. The zero-order chi connectivity index (χ0) is 10.6. The number of hydrogen-bond acceptors (Lipinski definition) is 1. The molecule has 0 radical (unpaired) electrons. The monoisotopic (exact) mass is 255 g/mol. The Morgan fingerprint density at radius 1 is 1.29 bits per heavy atom. The van der Waals surface area contributed by atoms with Crippen LogP contribution in [0.15, 0.2) is 28.7 Å². The summed E-state index contributed by atoms with van der Waals surface area (Å²) in [6.07, 6.45) is 2.14. The Morgan fingerprint density at radius 2 is 2.00 bits per heavy atom. The zero-order valence-corrected chi connectivity index (χ0v) is 10.4. The first-order valence-electron chi connectivity index (χ1n) is 5.20. The van der Waals surface area contributed by atoms with Gasteiger partial charge in [-0.15, -0.1) is 0 Å². The van der Waals surface area contributed by atoms with Crippen molar-refractivity contribution in [3.63, 3.8) is 0 Å². The molecule has 2 heteroatoms. The van der Waals surface area contributed by atoms with Crippen LogP contribution in [0.5, 0.6) is 0 Å².